The minimum atomic E-state index is -0.889. The normalized spacial score (nSPS) is 14.1. The molecule has 2 N–H and O–H groups in total. The van der Waals surface area contributed by atoms with Crippen LogP contribution in [-0.2, 0) is 0 Å². The molecule has 6 heteroatoms. The Morgan fingerprint density at radius 3 is 2.78 bits per heavy atom. The summed E-state index contributed by atoms with van der Waals surface area (Å²) in [5.74, 6) is 0.484. The number of halogens is 1. The van der Waals surface area contributed by atoms with Crippen LogP contribution in [0.1, 0.15) is 12.5 Å². The van der Waals surface area contributed by atoms with Crippen LogP contribution < -0.4 is 5.32 Å². The Morgan fingerprint density at radius 1 is 1.56 bits per heavy atom. The van der Waals surface area contributed by atoms with E-state index in [0.29, 0.717) is 24.5 Å². The van der Waals surface area contributed by atoms with Gasteiger partial charge in [0.15, 0.2) is 0 Å². The van der Waals surface area contributed by atoms with Crippen LogP contribution in [0.3, 0.4) is 0 Å². The second kappa shape index (κ2) is 6.01. The molecule has 0 aromatic carbocycles. The number of aliphatic hydroxyl groups is 1. The van der Waals surface area contributed by atoms with Gasteiger partial charge in [-0.05, 0) is 33.2 Å². The van der Waals surface area contributed by atoms with Gasteiger partial charge in [-0.15, -0.1) is 0 Å². The molecule has 1 rings (SSSR count). The van der Waals surface area contributed by atoms with Crippen molar-refractivity contribution in [3.05, 3.63) is 22.8 Å². The fraction of sp³-hybridized carbons (Fsp3) is 0.500. The molecule has 0 saturated carbocycles. The average molecular weight is 269 g/mol. The predicted molar refractivity (Wildman–Crippen MR) is 71.6 cm³/mol. The molecule has 5 nitrogen and oxygen atoms in total. The van der Waals surface area contributed by atoms with Crippen LogP contribution >= 0.6 is 11.6 Å². The summed E-state index contributed by atoms with van der Waals surface area (Å²) in [6.45, 7) is 2.57. The summed E-state index contributed by atoms with van der Waals surface area (Å²) in [4.78, 5) is 5.94. The van der Waals surface area contributed by atoms with Crippen molar-refractivity contribution in [1.82, 2.24) is 9.88 Å². The lowest BCUT2D eigenvalue weighted by Gasteiger charge is -2.27. The lowest BCUT2D eigenvalue weighted by atomic mass is 10.1. The fourth-order valence-electron chi connectivity index (χ4n) is 1.67. The van der Waals surface area contributed by atoms with Crippen LogP contribution in [0, 0.1) is 11.3 Å². The van der Waals surface area contributed by atoms with Gasteiger partial charge in [-0.1, -0.05) is 11.6 Å². The van der Waals surface area contributed by atoms with Crippen molar-refractivity contribution in [3.8, 4) is 6.07 Å². The number of nitrogens with zero attached hydrogens (tertiary/aromatic N) is 3. The molecule has 1 unspecified atom stereocenters. The Balaban J connectivity index is 2.69. The highest BCUT2D eigenvalue weighted by Crippen LogP contribution is 2.15. The molecule has 0 aliphatic rings. The van der Waals surface area contributed by atoms with Gasteiger partial charge in [0.05, 0.1) is 17.2 Å². The Labute approximate surface area is 112 Å². The van der Waals surface area contributed by atoms with E-state index in [9.17, 15) is 5.11 Å². The first-order chi connectivity index (χ1) is 8.32. The lowest BCUT2D eigenvalue weighted by molar-refractivity contribution is 0.0459. The summed E-state index contributed by atoms with van der Waals surface area (Å²) >= 11 is 5.79. The molecule has 0 aliphatic heterocycles. The average Bonchev–Trinajstić information content (AvgIpc) is 2.24. The van der Waals surface area contributed by atoms with Crippen molar-refractivity contribution in [3.63, 3.8) is 0 Å². The van der Waals surface area contributed by atoms with E-state index in [1.807, 2.05) is 25.1 Å². The summed E-state index contributed by atoms with van der Waals surface area (Å²) in [5.41, 5.74) is -0.454. The topological polar surface area (TPSA) is 72.2 Å². The number of hydrogen-bond acceptors (Lipinski definition) is 5. The first-order valence-electron chi connectivity index (χ1n) is 5.51. The number of anilines is 1. The van der Waals surface area contributed by atoms with Crippen LogP contribution in [0.2, 0.25) is 5.15 Å². The number of pyridine rings is 1. The van der Waals surface area contributed by atoms with E-state index in [4.69, 9.17) is 16.9 Å². The van der Waals surface area contributed by atoms with E-state index in [2.05, 4.69) is 10.3 Å². The summed E-state index contributed by atoms with van der Waals surface area (Å²) in [7, 11) is 3.78. The Bertz CT molecular complexity index is 454. The third-order valence-corrected chi connectivity index (χ3v) is 2.42. The largest absolute Gasteiger partial charge is 0.387 e. The molecule has 0 spiro atoms. The molecule has 0 bridgehead atoms. The minimum Gasteiger partial charge on any atom is -0.387 e. The second-order valence-electron chi connectivity index (χ2n) is 4.76. The van der Waals surface area contributed by atoms with E-state index in [1.165, 1.54) is 6.07 Å². The molecule has 1 aromatic rings. The quantitative estimate of drug-likeness (QED) is 0.789. The van der Waals surface area contributed by atoms with Gasteiger partial charge >= 0.3 is 0 Å². The van der Waals surface area contributed by atoms with E-state index < -0.39 is 5.60 Å². The molecular formula is C12H17ClN4O. The summed E-state index contributed by atoms with van der Waals surface area (Å²) in [6.07, 6.45) is 0. The number of nitrogens with one attached hydrogen (secondary N) is 1. The molecule has 98 valence electrons. The number of likely N-dealkylation sites (N-methyl/N-ethyl adjacent to an activating group) is 1. The molecule has 0 radical (unpaired) electrons. The van der Waals surface area contributed by atoms with Crippen molar-refractivity contribution in [1.29, 1.82) is 5.26 Å². The van der Waals surface area contributed by atoms with Gasteiger partial charge in [-0.25, -0.2) is 4.98 Å². The van der Waals surface area contributed by atoms with Gasteiger partial charge in [0.2, 0.25) is 0 Å². The van der Waals surface area contributed by atoms with Crippen molar-refractivity contribution in [2.45, 2.75) is 12.5 Å². The van der Waals surface area contributed by atoms with Crippen LogP contribution in [0.25, 0.3) is 0 Å². The molecular weight excluding hydrogens is 252 g/mol. The van der Waals surface area contributed by atoms with Gasteiger partial charge in [-0.3, -0.25) is 0 Å². The predicted octanol–water partition coefficient (Wildman–Crippen LogP) is 1.33. The first kappa shape index (κ1) is 14.7. The van der Waals surface area contributed by atoms with Crippen molar-refractivity contribution >= 4 is 17.4 Å². The smallest absolute Gasteiger partial charge is 0.132 e. The molecule has 0 aliphatic carbocycles. The molecule has 0 saturated heterocycles. The van der Waals surface area contributed by atoms with Crippen molar-refractivity contribution in [2.75, 3.05) is 32.5 Å². The highest BCUT2D eigenvalue weighted by atomic mass is 35.5. The number of hydrogen-bond donors (Lipinski definition) is 2. The van der Waals surface area contributed by atoms with Gasteiger partial charge in [-0.2, -0.15) is 5.26 Å². The number of nitriles is 1. The van der Waals surface area contributed by atoms with Gasteiger partial charge < -0.3 is 15.3 Å². The van der Waals surface area contributed by atoms with E-state index in [0.717, 1.165) is 0 Å². The summed E-state index contributed by atoms with van der Waals surface area (Å²) < 4.78 is 0. The maximum Gasteiger partial charge on any atom is 0.132 e. The highest BCUT2D eigenvalue weighted by Gasteiger charge is 2.21. The van der Waals surface area contributed by atoms with E-state index >= 15 is 0 Å². The number of aromatic nitrogens is 1. The first-order valence-corrected chi connectivity index (χ1v) is 5.89. The second-order valence-corrected chi connectivity index (χ2v) is 5.15. The third kappa shape index (κ3) is 4.88. The lowest BCUT2D eigenvalue weighted by Crippen LogP contribution is -2.43. The molecule has 0 amide bonds. The zero-order valence-corrected chi connectivity index (χ0v) is 11.5. The molecule has 1 heterocycles. The maximum absolute atomic E-state index is 10.1. The van der Waals surface area contributed by atoms with Gasteiger partial charge in [0.25, 0.3) is 0 Å². The van der Waals surface area contributed by atoms with Crippen molar-refractivity contribution < 1.29 is 5.11 Å². The molecule has 0 fully saturated rings. The van der Waals surface area contributed by atoms with Crippen LogP contribution in [0.4, 0.5) is 5.82 Å². The SMILES string of the molecule is CN(C)CC(C)(O)CNc1cc(C#N)cc(Cl)n1. The molecule has 1 aromatic heterocycles. The Hall–Kier alpha value is -1.35. The minimum absolute atomic E-state index is 0.254. The summed E-state index contributed by atoms with van der Waals surface area (Å²) in [6, 6.07) is 5.09. The zero-order valence-electron chi connectivity index (χ0n) is 10.7. The number of rotatable bonds is 5. The monoisotopic (exact) mass is 268 g/mol. The Kier molecular flexibility index (Phi) is 4.91. The van der Waals surface area contributed by atoms with Crippen LogP contribution in [0.15, 0.2) is 12.1 Å². The molecule has 18 heavy (non-hydrogen) atoms. The fourth-order valence-corrected chi connectivity index (χ4v) is 1.88. The third-order valence-electron chi connectivity index (χ3n) is 2.23. The van der Waals surface area contributed by atoms with E-state index in [-0.39, 0.29) is 5.15 Å². The zero-order chi connectivity index (χ0) is 13.8. The Morgan fingerprint density at radius 2 is 2.22 bits per heavy atom. The van der Waals surface area contributed by atoms with Gasteiger partial charge in [0.1, 0.15) is 11.0 Å². The van der Waals surface area contributed by atoms with Crippen LogP contribution in [-0.4, -0.2) is 47.8 Å². The van der Waals surface area contributed by atoms with Crippen molar-refractivity contribution in [2.24, 2.45) is 0 Å². The van der Waals surface area contributed by atoms with Crippen LogP contribution in [0.5, 0.6) is 0 Å². The maximum atomic E-state index is 10.1. The molecule has 1 atom stereocenters. The standard InChI is InChI=1S/C12H17ClN4O/c1-12(18,8-17(2)3)7-15-11-5-9(6-14)4-10(13)16-11/h4-5,18H,7-8H2,1-3H3,(H,15,16). The highest BCUT2D eigenvalue weighted by molar-refractivity contribution is 6.29. The van der Waals surface area contributed by atoms with Gasteiger partial charge in [0, 0.05) is 13.1 Å². The summed E-state index contributed by atoms with van der Waals surface area (Å²) in [5, 5.41) is 22.2. The van der Waals surface area contributed by atoms with E-state index in [1.54, 1.807) is 13.0 Å².